The van der Waals surface area contributed by atoms with Crippen molar-refractivity contribution in [3.05, 3.63) is 48.0 Å². The molecule has 0 aliphatic carbocycles. The van der Waals surface area contributed by atoms with E-state index >= 15 is 0 Å². The van der Waals surface area contributed by atoms with Gasteiger partial charge in [0.2, 0.25) is 0 Å². The van der Waals surface area contributed by atoms with Crippen molar-refractivity contribution >= 4 is 11.6 Å². The highest BCUT2D eigenvalue weighted by atomic mass is 16.3. The number of hydrogen-bond donors (Lipinski definition) is 1. The van der Waals surface area contributed by atoms with Gasteiger partial charge in [-0.3, -0.25) is 9.59 Å². The number of hydrogen-bond acceptors (Lipinski definition) is 3. The number of carbonyl (C=O) groups excluding carboxylic acids is 2. The van der Waals surface area contributed by atoms with Gasteiger partial charge >= 0.3 is 0 Å². The highest BCUT2D eigenvalue weighted by Gasteiger charge is 2.25. The molecule has 0 aliphatic rings. The molecule has 22 heavy (non-hydrogen) atoms. The summed E-state index contributed by atoms with van der Waals surface area (Å²) in [6.07, 6.45) is 2.25. The Balaban J connectivity index is 0.000000763. The molecule has 0 amide bonds. The maximum atomic E-state index is 11.8. The minimum Gasteiger partial charge on any atom is -0.382 e. The minimum atomic E-state index is -1.30. The lowest BCUT2D eigenvalue weighted by Gasteiger charge is -2.19. The van der Waals surface area contributed by atoms with Crippen LogP contribution in [0.2, 0.25) is 0 Å². The molecule has 3 heteroatoms. The summed E-state index contributed by atoms with van der Waals surface area (Å²) >= 11 is 0. The molecule has 0 atom stereocenters. The van der Waals surface area contributed by atoms with Crippen molar-refractivity contribution in [3.8, 4) is 0 Å². The largest absolute Gasteiger partial charge is 0.382 e. The average molecular weight is 304 g/mol. The summed E-state index contributed by atoms with van der Waals surface area (Å²) < 4.78 is 0. The van der Waals surface area contributed by atoms with Crippen LogP contribution in [-0.2, 0) is 11.2 Å². The number of benzene rings is 1. The van der Waals surface area contributed by atoms with Crippen LogP contribution in [0, 0.1) is 5.41 Å². The molecule has 0 spiro atoms. The Labute approximate surface area is 134 Å². The second-order valence-corrected chi connectivity index (χ2v) is 7.14. The van der Waals surface area contributed by atoms with E-state index in [-0.39, 0.29) is 17.0 Å². The van der Waals surface area contributed by atoms with Gasteiger partial charge in [0, 0.05) is 5.56 Å². The molecule has 0 aromatic heterocycles. The molecule has 0 bridgehead atoms. The Kier molecular flexibility index (Phi) is 7.41. The van der Waals surface area contributed by atoms with Gasteiger partial charge in [-0.25, -0.2) is 0 Å². The normalized spacial score (nSPS) is 11.2. The summed E-state index contributed by atoms with van der Waals surface area (Å²) in [4.78, 5) is 21.5. The lowest BCUT2D eigenvalue weighted by Crippen LogP contribution is -2.31. The molecule has 1 N–H and O–H groups in total. The molecule has 1 aromatic rings. The molecule has 0 aliphatic heterocycles. The van der Waals surface area contributed by atoms with E-state index in [9.17, 15) is 14.7 Å². The van der Waals surface area contributed by atoms with Gasteiger partial charge in [0.15, 0.2) is 11.6 Å². The third kappa shape index (κ3) is 8.53. The standard InChI is InChI=1S/C15H22O2.C4H6O/c1-14(2,3)10-11-6-8-12(9-7-11)13(16)15(4,5)17;1-3-4(2)5/h6-9,17H,10H2,1-5H3;3H,1H2,2H3. The molecule has 0 unspecified atom stereocenters. The number of Topliss-reactive ketones (excluding diaryl/α,β-unsaturated/α-hetero) is 1. The summed E-state index contributed by atoms with van der Waals surface area (Å²) in [7, 11) is 0. The van der Waals surface area contributed by atoms with Gasteiger partial charge in [0.1, 0.15) is 5.60 Å². The second-order valence-electron chi connectivity index (χ2n) is 7.14. The maximum absolute atomic E-state index is 11.8. The van der Waals surface area contributed by atoms with E-state index in [0.717, 1.165) is 6.42 Å². The molecule has 0 fully saturated rings. The smallest absolute Gasteiger partial charge is 0.193 e. The second kappa shape index (κ2) is 8.04. The maximum Gasteiger partial charge on any atom is 0.193 e. The predicted molar refractivity (Wildman–Crippen MR) is 91.1 cm³/mol. The summed E-state index contributed by atoms with van der Waals surface area (Å²) in [5.41, 5.74) is 0.716. The van der Waals surface area contributed by atoms with Crippen molar-refractivity contribution in [1.29, 1.82) is 0 Å². The Bertz CT molecular complexity index is 511. The highest BCUT2D eigenvalue weighted by Crippen LogP contribution is 2.21. The fraction of sp³-hybridized carbons (Fsp3) is 0.474. The first-order valence-electron chi connectivity index (χ1n) is 7.36. The lowest BCUT2D eigenvalue weighted by atomic mass is 9.87. The third-order valence-electron chi connectivity index (χ3n) is 2.79. The summed E-state index contributed by atoms with van der Waals surface area (Å²) in [5, 5.41) is 9.65. The zero-order valence-electron chi connectivity index (χ0n) is 14.6. The summed E-state index contributed by atoms with van der Waals surface area (Å²) in [6.45, 7) is 14.3. The van der Waals surface area contributed by atoms with Gasteiger partial charge in [-0.1, -0.05) is 51.6 Å². The number of aliphatic hydroxyl groups is 1. The van der Waals surface area contributed by atoms with Crippen LogP contribution in [0.1, 0.15) is 57.5 Å². The molecular weight excluding hydrogens is 276 g/mol. The topological polar surface area (TPSA) is 54.4 Å². The van der Waals surface area contributed by atoms with E-state index in [1.165, 1.54) is 32.4 Å². The van der Waals surface area contributed by atoms with Crippen molar-refractivity contribution in [2.45, 2.75) is 53.6 Å². The van der Waals surface area contributed by atoms with Gasteiger partial charge in [-0.2, -0.15) is 0 Å². The third-order valence-corrected chi connectivity index (χ3v) is 2.79. The number of allylic oxidation sites excluding steroid dienone is 1. The van der Waals surface area contributed by atoms with Crippen LogP contribution >= 0.6 is 0 Å². The van der Waals surface area contributed by atoms with Gasteiger partial charge in [-0.05, 0) is 44.2 Å². The van der Waals surface area contributed by atoms with Crippen LogP contribution in [0.25, 0.3) is 0 Å². The number of carbonyl (C=O) groups is 2. The Hall–Kier alpha value is -1.74. The molecular formula is C19H28O3. The molecule has 122 valence electrons. The number of ketones is 2. The SMILES string of the molecule is C=CC(C)=O.CC(C)(C)Cc1ccc(C(=O)C(C)(C)O)cc1. The molecule has 0 radical (unpaired) electrons. The Morgan fingerprint density at radius 1 is 1.09 bits per heavy atom. The van der Waals surface area contributed by atoms with Gasteiger partial charge in [0.25, 0.3) is 0 Å². The molecule has 0 saturated heterocycles. The average Bonchev–Trinajstić information content (AvgIpc) is 2.36. The molecule has 3 nitrogen and oxygen atoms in total. The van der Waals surface area contributed by atoms with Crippen molar-refractivity contribution in [3.63, 3.8) is 0 Å². The van der Waals surface area contributed by atoms with Crippen LogP contribution in [0.5, 0.6) is 0 Å². The van der Waals surface area contributed by atoms with Crippen LogP contribution in [-0.4, -0.2) is 22.3 Å². The summed E-state index contributed by atoms with van der Waals surface area (Å²) in [6, 6.07) is 7.51. The fourth-order valence-electron chi connectivity index (χ4n) is 1.74. The molecule has 0 saturated carbocycles. The van der Waals surface area contributed by atoms with E-state index in [1.807, 2.05) is 12.1 Å². The summed E-state index contributed by atoms with van der Waals surface area (Å²) in [5.74, 6) is -0.218. The molecule has 1 aromatic carbocycles. The zero-order valence-corrected chi connectivity index (χ0v) is 14.6. The number of rotatable bonds is 4. The van der Waals surface area contributed by atoms with Crippen LogP contribution < -0.4 is 0 Å². The Morgan fingerprint density at radius 3 is 1.77 bits per heavy atom. The van der Waals surface area contributed by atoms with Gasteiger partial charge in [-0.15, -0.1) is 0 Å². The Morgan fingerprint density at radius 2 is 1.50 bits per heavy atom. The molecule has 0 heterocycles. The lowest BCUT2D eigenvalue weighted by molar-refractivity contribution is -0.112. The van der Waals surface area contributed by atoms with Crippen molar-refractivity contribution in [2.24, 2.45) is 5.41 Å². The fourth-order valence-corrected chi connectivity index (χ4v) is 1.74. The van der Waals surface area contributed by atoms with E-state index in [0.29, 0.717) is 5.56 Å². The minimum absolute atomic E-state index is 0.0185. The van der Waals surface area contributed by atoms with Gasteiger partial charge < -0.3 is 5.11 Å². The van der Waals surface area contributed by atoms with Crippen LogP contribution in [0.3, 0.4) is 0 Å². The van der Waals surface area contributed by atoms with E-state index in [1.54, 1.807) is 12.1 Å². The van der Waals surface area contributed by atoms with Crippen molar-refractivity contribution < 1.29 is 14.7 Å². The van der Waals surface area contributed by atoms with E-state index in [4.69, 9.17) is 0 Å². The highest BCUT2D eigenvalue weighted by molar-refractivity contribution is 6.01. The van der Waals surface area contributed by atoms with Crippen molar-refractivity contribution in [1.82, 2.24) is 0 Å². The first-order chi connectivity index (χ1) is 9.86. The van der Waals surface area contributed by atoms with Crippen molar-refractivity contribution in [2.75, 3.05) is 0 Å². The first kappa shape index (κ1) is 20.3. The van der Waals surface area contributed by atoms with Gasteiger partial charge in [0.05, 0.1) is 0 Å². The quantitative estimate of drug-likeness (QED) is 0.676. The predicted octanol–water partition coefficient (Wildman–Crippen LogP) is 3.99. The van der Waals surface area contributed by atoms with Crippen LogP contribution in [0.4, 0.5) is 0 Å². The monoisotopic (exact) mass is 304 g/mol. The van der Waals surface area contributed by atoms with Crippen LogP contribution in [0.15, 0.2) is 36.9 Å². The van der Waals surface area contributed by atoms with E-state index in [2.05, 4.69) is 27.4 Å². The molecule has 1 rings (SSSR count). The first-order valence-corrected chi connectivity index (χ1v) is 7.36. The van der Waals surface area contributed by atoms with E-state index < -0.39 is 5.60 Å². The zero-order chi connectivity index (χ0) is 17.6.